The van der Waals surface area contributed by atoms with Crippen LogP contribution in [0.5, 0.6) is 5.75 Å². The molecule has 0 saturated carbocycles. The minimum absolute atomic E-state index is 0.00570. The van der Waals surface area contributed by atoms with Crippen molar-refractivity contribution in [3.8, 4) is 5.75 Å². The van der Waals surface area contributed by atoms with Crippen molar-refractivity contribution in [2.45, 2.75) is 38.5 Å². The van der Waals surface area contributed by atoms with Crippen LogP contribution in [0.25, 0.3) is 5.76 Å². The zero-order valence-electron chi connectivity index (χ0n) is 18.6. The van der Waals surface area contributed by atoms with E-state index < -0.39 is 23.5 Å². The molecule has 1 N–H and O–H groups in total. The van der Waals surface area contributed by atoms with Crippen LogP contribution in [0.3, 0.4) is 0 Å². The first-order valence-electron chi connectivity index (χ1n) is 11.2. The second kappa shape index (κ2) is 8.78. The highest BCUT2D eigenvalue weighted by Gasteiger charge is 2.45. The SMILES string of the molecule is C[C@@H]1Cc2cc(/C(O)=C3\C(=O)C(=O)N(CCCn4ccnc4)[C@@H]3c3ccc(F)cc3)ccc2O1. The number of halogens is 1. The molecule has 3 aromatic rings. The third-order valence-electron chi connectivity index (χ3n) is 6.27. The molecule has 1 fully saturated rings. The molecule has 174 valence electrons. The first-order valence-corrected chi connectivity index (χ1v) is 11.2. The van der Waals surface area contributed by atoms with Crippen molar-refractivity contribution >= 4 is 17.4 Å². The van der Waals surface area contributed by atoms with Gasteiger partial charge in [-0.3, -0.25) is 9.59 Å². The van der Waals surface area contributed by atoms with Gasteiger partial charge in [0.2, 0.25) is 0 Å². The van der Waals surface area contributed by atoms with Crippen molar-refractivity contribution in [1.82, 2.24) is 14.5 Å². The zero-order valence-corrected chi connectivity index (χ0v) is 18.6. The Labute approximate surface area is 196 Å². The van der Waals surface area contributed by atoms with Crippen LogP contribution < -0.4 is 4.74 Å². The highest BCUT2D eigenvalue weighted by Crippen LogP contribution is 2.40. The number of Topliss-reactive ketones (excluding diaryl/α,β-unsaturated/α-hetero) is 1. The summed E-state index contributed by atoms with van der Waals surface area (Å²) in [6.07, 6.45) is 6.49. The lowest BCUT2D eigenvalue weighted by Gasteiger charge is -2.25. The molecule has 8 heteroatoms. The Balaban J connectivity index is 1.52. The van der Waals surface area contributed by atoms with E-state index in [1.54, 1.807) is 42.9 Å². The highest BCUT2D eigenvalue weighted by atomic mass is 19.1. The Morgan fingerprint density at radius 3 is 2.71 bits per heavy atom. The number of carbonyl (C=O) groups excluding carboxylic acids is 2. The average molecular weight is 461 g/mol. The van der Waals surface area contributed by atoms with Gasteiger partial charge in [0, 0.05) is 37.5 Å². The predicted octanol–water partition coefficient (Wildman–Crippen LogP) is 3.86. The molecule has 3 heterocycles. The summed E-state index contributed by atoms with van der Waals surface area (Å²) >= 11 is 0. The van der Waals surface area contributed by atoms with Crippen LogP contribution in [0.4, 0.5) is 4.39 Å². The fourth-order valence-corrected chi connectivity index (χ4v) is 4.67. The van der Waals surface area contributed by atoms with Crippen LogP contribution in [-0.4, -0.2) is 43.9 Å². The number of aromatic nitrogens is 2. The van der Waals surface area contributed by atoms with Gasteiger partial charge < -0.3 is 19.3 Å². The molecule has 34 heavy (non-hydrogen) atoms. The number of imidazole rings is 1. The molecule has 2 aliphatic rings. The number of fused-ring (bicyclic) bond motifs is 1. The van der Waals surface area contributed by atoms with Crippen LogP contribution in [0.2, 0.25) is 0 Å². The fraction of sp³-hybridized carbons (Fsp3) is 0.269. The molecule has 5 rings (SSSR count). The number of aryl methyl sites for hydroxylation is 1. The number of ketones is 1. The number of hydrogen-bond acceptors (Lipinski definition) is 5. The minimum atomic E-state index is -0.813. The second-order valence-corrected chi connectivity index (χ2v) is 8.65. The number of likely N-dealkylation sites (tertiary alicyclic amines) is 1. The van der Waals surface area contributed by atoms with Gasteiger partial charge in [-0.2, -0.15) is 0 Å². The van der Waals surface area contributed by atoms with Crippen molar-refractivity contribution < 1.29 is 23.8 Å². The summed E-state index contributed by atoms with van der Waals surface area (Å²) in [6, 6.07) is 10.1. The van der Waals surface area contributed by atoms with E-state index in [1.807, 2.05) is 17.7 Å². The second-order valence-electron chi connectivity index (χ2n) is 8.65. The van der Waals surface area contributed by atoms with E-state index in [2.05, 4.69) is 4.98 Å². The van der Waals surface area contributed by atoms with E-state index in [0.717, 1.165) is 11.3 Å². The maximum atomic E-state index is 13.6. The third-order valence-corrected chi connectivity index (χ3v) is 6.27. The molecule has 0 unspecified atom stereocenters. The Morgan fingerprint density at radius 1 is 1.18 bits per heavy atom. The smallest absolute Gasteiger partial charge is 0.295 e. The lowest BCUT2D eigenvalue weighted by atomic mass is 9.94. The number of benzene rings is 2. The Morgan fingerprint density at radius 2 is 1.97 bits per heavy atom. The first-order chi connectivity index (χ1) is 16.4. The number of carbonyl (C=O) groups is 2. The summed E-state index contributed by atoms with van der Waals surface area (Å²) in [5.41, 5.74) is 1.94. The summed E-state index contributed by atoms with van der Waals surface area (Å²) in [6.45, 7) is 2.86. The lowest BCUT2D eigenvalue weighted by molar-refractivity contribution is -0.139. The maximum absolute atomic E-state index is 13.6. The van der Waals surface area contributed by atoms with Crippen molar-refractivity contribution in [3.05, 3.63) is 89.3 Å². The number of ether oxygens (including phenoxy) is 1. The molecule has 0 spiro atoms. The van der Waals surface area contributed by atoms with Crippen LogP contribution >= 0.6 is 0 Å². The van der Waals surface area contributed by atoms with Crippen LogP contribution in [0.1, 0.15) is 36.1 Å². The number of amides is 1. The molecule has 1 saturated heterocycles. The molecule has 0 aliphatic carbocycles. The molecule has 1 amide bonds. The van der Waals surface area contributed by atoms with Crippen molar-refractivity contribution in [3.63, 3.8) is 0 Å². The molecule has 2 atom stereocenters. The van der Waals surface area contributed by atoms with E-state index in [0.29, 0.717) is 30.5 Å². The Hall–Kier alpha value is -3.94. The largest absolute Gasteiger partial charge is 0.507 e. The van der Waals surface area contributed by atoms with Crippen LogP contribution in [-0.2, 0) is 22.6 Å². The van der Waals surface area contributed by atoms with Gasteiger partial charge >= 0.3 is 0 Å². The predicted molar refractivity (Wildman–Crippen MR) is 122 cm³/mol. The molecule has 1 aromatic heterocycles. The Kier molecular flexibility index (Phi) is 5.65. The summed E-state index contributed by atoms with van der Waals surface area (Å²) in [7, 11) is 0. The molecule has 0 bridgehead atoms. The quantitative estimate of drug-likeness (QED) is 0.342. The number of rotatable bonds is 6. The molecule has 7 nitrogen and oxygen atoms in total. The number of hydrogen-bond donors (Lipinski definition) is 1. The van der Waals surface area contributed by atoms with E-state index in [4.69, 9.17) is 4.74 Å². The number of aliphatic hydroxyl groups excluding tert-OH is 1. The fourth-order valence-electron chi connectivity index (χ4n) is 4.67. The average Bonchev–Trinajstić information content (AvgIpc) is 3.53. The van der Waals surface area contributed by atoms with Gasteiger partial charge in [-0.05, 0) is 54.8 Å². The topological polar surface area (TPSA) is 84.7 Å². The van der Waals surface area contributed by atoms with Gasteiger partial charge in [-0.1, -0.05) is 12.1 Å². The zero-order chi connectivity index (χ0) is 23.8. The molecule has 2 aromatic carbocycles. The standard InChI is InChI=1S/C26H24FN3O4/c1-16-13-19-14-18(5-8-21(19)34-16)24(31)22-23(17-3-6-20(27)7-4-17)30(26(33)25(22)32)11-2-10-29-12-9-28-15-29/h3-9,12,14-16,23,31H,2,10-11,13H2,1H3/b24-22+/t16-,23-/m1/s1. The van der Waals surface area contributed by atoms with Crippen molar-refractivity contribution in [2.75, 3.05) is 6.54 Å². The van der Waals surface area contributed by atoms with Crippen molar-refractivity contribution in [2.24, 2.45) is 0 Å². The Bertz CT molecular complexity index is 1270. The normalized spacial score (nSPS) is 21.1. The number of aliphatic hydroxyl groups is 1. The van der Waals surface area contributed by atoms with Gasteiger partial charge in [-0.25, -0.2) is 9.37 Å². The van der Waals surface area contributed by atoms with Crippen molar-refractivity contribution in [1.29, 1.82) is 0 Å². The summed E-state index contributed by atoms with van der Waals surface area (Å²) < 4.78 is 21.2. The van der Waals surface area contributed by atoms with Crippen LogP contribution in [0, 0.1) is 5.82 Å². The van der Waals surface area contributed by atoms with Crippen LogP contribution in [0.15, 0.2) is 66.8 Å². The highest BCUT2D eigenvalue weighted by molar-refractivity contribution is 6.46. The molecular formula is C26H24FN3O4. The van der Waals surface area contributed by atoms with E-state index in [9.17, 15) is 19.1 Å². The van der Waals surface area contributed by atoms with E-state index in [1.165, 1.54) is 17.0 Å². The molecule has 2 aliphatic heterocycles. The lowest BCUT2D eigenvalue weighted by Crippen LogP contribution is -2.31. The maximum Gasteiger partial charge on any atom is 0.295 e. The summed E-state index contributed by atoms with van der Waals surface area (Å²) in [4.78, 5) is 31.6. The third kappa shape index (κ3) is 3.96. The summed E-state index contributed by atoms with van der Waals surface area (Å²) in [5.74, 6) is -1.35. The molecule has 0 radical (unpaired) electrons. The van der Waals surface area contributed by atoms with Gasteiger partial charge in [0.25, 0.3) is 11.7 Å². The first kappa shape index (κ1) is 21.9. The monoisotopic (exact) mass is 461 g/mol. The van der Waals surface area contributed by atoms with Gasteiger partial charge in [0.05, 0.1) is 17.9 Å². The van der Waals surface area contributed by atoms with E-state index in [-0.39, 0.29) is 24.0 Å². The van der Waals surface area contributed by atoms with E-state index >= 15 is 0 Å². The van der Waals surface area contributed by atoms with Gasteiger partial charge in [-0.15, -0.1) is 0 Å². The molecular weight excluding hydrogens is 437 g/mol. The number of nitrogens with zero attached hydrogens (tertiary/aromatic N) is 3. The van der Waals surface area contributed by atoms with Gasteiger partial charge in [0.15, 0.2) is 0 Å². The van der Waals surface area contributed by atoms with Gasteiger partial charge in [0.1, 0.15) is 23.4 Å². The minimum Gasteiger partial charge on any atom is -0.507 e. The summed E-state index contributed by atoms with van der Waals surface area (Å²) in [5, 5.41) is 11.2.